The molecule has 0 saturated heterocycles. The fraction of sp³-hybridized carbons (Fsp3) is 0.467. The van der Waals surface area contributed by atoms with E-state index in [1.165, 1.54) is 25.7 Å². The molecule has 1 aliphatic rings. The van der Waals surface area contributed by atoms with Gasteiger partial charge in [-0.1, -0.05) is 42.3 Å². The molecule has 3 rings (SSSR count). The van der Waals surface area contributed by atoms with Gasteiger partial charge in [-0.2, -0.15) is 11.8 Å². The van der Waals surface area contributed by atoms with Crippen molar-refractivity contribution in [2.24, 2.45) is 0 Å². The second kappa shape index (κ2) is 6.19. The first-order valence-corrected chi connectivity index (χ1v) is 8.65. The second-order valence-corrected chi connectivity index (χ2v) is 6.75. The molecule has 0 radical (unpaired) electrons. The van der Waals surface area contributed by atoms with Gasteiger partial charge in [0, 0.05) is 22.1 Å². The Bertz CT molecular complexity index is 605. The van der Waals surface area contributed by atoms with Gasteiger partial charge in [-0.05, 0) is 25.5 Å². The van der Waals surface area contributed by atoms with Gasteiger partial charge in [-0.15, -0.1) is 10.2 Å². The van der Waals surface area contributed by atoms with Crippen molar-refractivity contribution in [3.63, 3.8) is 0 Å². The molecule has 1 aromatic carbocycles. The van der Waals surface area contributed by atoms with Crippen LogP contribution in [0.15, 0.2) is 24.3 Å². The lowest BCUT2D eigenvalue weighted by atomic mass is 9.95. The predicted octanol–water partition coefficient (Wildman–Crippen LogP) is 4.37. The summed E-state index contributed by atoms with van der Waals surface area (Å²) >= 11 is 8.08. The lowest BCUT2D eigenvalue weighted by molar-refractivity contribution is 0.472. The van der Waals surface area contributed by atoms with Crippen molar-refractivity contribution in [2.75, 3.05) is 11.6 Å². The minimum absolute atomic E-state index is 0.469. The average molecular weight is 308 g/mol. The number of aromatic nitrogens is 2. The molecule has 0 amide bonds. The Morgan fingerprint density at radius 2 is 2.00 bits per heavy atom. The van der Waals surface area contributed by atoms with Crippen molar-refractivity contribution in [3.05, 3.63) is 29.4 Å². The molecule has 1 N–H and O–H groups in total. The maximum Gasteiger partial charge on any atom is 0.159 e. The molecule has 0 bridgehead atoms. The predicted molar refractivity (Wildman–Crippen MR) is 87.7 cm³/mol. The highest BCUT2D eigenvalue weighted by Crippen LogP contribution is 2.31. The zero-order chi connectivity index (χ0) is 13.9. The molecule has 1 fully saturated rings. The molecule has 1 heterocycles. The number of halogens is 1. The fourth-order valence-electron chi connectivity index (χ4n) is 2.86. The maximum atomic E-state index is 6.11. The van der Waals surface area contributed by atoms with Crippen molar-refractivity contribution in [1.29, 1.82) is 0 Å². The van der Waals surface area contributed by atoms with Gasteiger partial charge in [0.15, 0.2) is 11.0 Å². The van der Waals surface area contributed by atoms with E-state index < -0.39 is 0 Å². The number of nitrogens with zero attached hydrogens (tertiary/aromatic N) is 2. The number of benzene rings is 1. The van der Waals surface area contributed by atoms with Crippen LogP contribution in [0.1, 0.15) is 25.7 Å². The Morgan fingerprint density at radius 1 is 1.20 bits per heavy atom. The largest absolute Gasteiger partial charge is 0.365 e. The molecular weight excluding hydrogens is 290 g/mol. The topological polar surface area (TPSA) is 37.8 Å². The number of nitrogens with one attached hydrogen (secondary N) is 1. The van der Waals surface area contributed by atoms with Crippen LogP contribution < -0.4 is 5.32 Å². The van der Waals surface area contributed by atoms with Gasteiger partial charge >= 0.3 is 0 Å². The molecule has 2 aromatic rings. The summed E-state index contributed by atoms with van der Waals surface area (Å²) in [4.78, 5) is 0. The number of rotatable bonds is 3. The molecule has 1 aliphatic carbocycles. The van der Waals surface area contributed by atoms with Crippen LogP contribution in [0.25, 0.3) is 10.8 Å². The summed E-state index contributed by atoms with van der Waals surface area (Å²) in [6.45, 7) is 0. The quantitative estimate of drug-likeness (QED) is 0.913. The summed E-state index contributed by atoms with van der Waals surface area (Å²) in [7, 11) is 0. The van der Waals surface area contributed by atoms with Gasteiger partial charge in [0.25, 0.3) is 0 Å². The number of fused-ring (bicyclic) bond motifs is 1. The summed E-state index contributed by atoms with van der Waals surface area (Å²) in [5.74, 6) is 0.858. The van der Waals surface area contributed by atoms with Crippen LogP contribution >= 0.6 is 23.4 Å². The first kappa shape index (κ1) is 14.0. The monoisotopic (exact) mass is 307 g/mol. The number of thioether (sulfide) groups is 1. The van der Waals surface area contributed by atoms with E-state index >= 15 is 0 Å². The second-order valence-electron chi connectivity index (χ2n) is 5.25. The first-order chi connectivity index (χ1) is 9.78. The van der Waals surface area contributed by atoms with Crippen LogP contribution in [0.4, 0.5) is 5.82 Å². The maximum absolute atomic E-state index is 6.11. The molecule has 3 nitrogen and oxygen atoms in total. The summed E-state index contributed by atoms with van der Waals surface area (Å²) in [5, 5.41) is 15.1. The Labute approximate surface area is 128 Å². The van der Waals surface area contributed by atoms with Gasteiger partial charge < -0.3 is 5.32 Å². The SMILES string of the molecule is CSC1CCCC(Nc2nnc(Cl)c3ccccc23)C1. The molecule has 106 valence electrons. The smallest absolute Gasteiger partial charge is 0.159 e. The van der Waals surface area contributed by atoms with Gasteiger partial charge in [-0.25, -0.2) is 0 Å². The van der Waals surface area contributed by atoms with Gasteiger partial charge in [-0.3, -0.25) is 0 Å². The van der Waals surface area contributed by atoms with Crippen LogP contribution in [0.2, 0.25) is 5.15 Å². The minimum Gasteiger partial charge on any atom is -0.365 e. The fourth-order valence-corrected chi connectivity index (χ4v) is 3.89. The Balaban J connectivity index is 1.86. The van der Waals surface area contributed by atoms with Crippen molar-refractivity contribution < 1.29 is 0 Å². The van der Waals surface area contributed by atoms with E-state index in [0.29, 0.717) is 11.2 Å². The Morgan fingerprint density at radius 3 is 2.80 bits per heavy atom. The third kappa shape index (κ3) is 2.86. The molecular formula is C15H18ClN3S. The highest BCUT2D eigenvalue weighted by atomic mass is 35.5. The van der Waals surface area contributed by atoms with Crippen LogP contribution in [-0.4, -0.2) is 27.7 Å². The van der Waals surface area contributed by atoms with Gasteiger partial charge in [0.2, 0.25) is 0 Å². The van der Waals surface area contributed by atoms with Crippen LogP contribution in [0, 0.1) is 0 Å². The lowest BCUT2D eigenvalue weighted by Crippen LogP contribution is -2.29. The Hall–Kier alpha value is -1.00. The average Bonchev–Trinajstić information content (AvgIpc) is 2.51. The minimum atomic E-state index is 0.469. The molecule has 0 spiro atoms. The number of anilines is 1. The zero-order valence-corrected chi connectivity index (χ0v) is 13.0. The summed E-state index contributed by atoms with van der Waals surface area (Å²) in [6.07, 6.45) is 7.20. The van der Waals surface area contributed by atoms with E-state index in [-0.39, 0.29) is 0 Å². The molecule has 0 aliphatic heterocycles. The molecule has 2 unspecified atom stereocenters. The Kier molecular flexibility index (Phi) is 4.32. The highest BCUT2D eigenvalue weighted by Gasteiger charge is 2.22. The van der Waals surface area contributed by atoms with E-state index in [1.807, 2.05) is 36.0 Å². The number of hydrogen-bond acceptors (Lipinski definition) is 4. The van der Waals surface area contributed by atoms with E-state index in [0.717, 1.165) is 21.8 Å². The number of hydrogen-bond donors (Lipinski definition) is 1. The van der Waals surface area contributed by atoms with Crippen molar-refractivity contribution in [1.82, 2.24) is 10.2 Å². The molecule has 2 atom stereocenters. The van der Waals surface area contributed by atoms with Gasteiger partial charge in [0.05, 0.1) is 0 Å². The molecule has 1 aromatic heterocycles. The van der Waals surface area contributed by atoms with Crippen LogP contribution in [-0.2, 0) is 0 Å². The highest BCUT2D eigenvalue weighted by molar-refractivity contribution is 7.99. The summed E-state index contributed by atoms with van der Waals surface area (Å²) in [6, 6.07) is 8.51. The zero-order valence-electron chi connectivity index (χ0n) is 11.5. The standard InChI is InChI=1S/C15H18ClN3S/c1-20-11-6-4-5-10(9-11)17-15-13-8-3-2-7-12(13)14(16)18-19-15/h2-3,7-8,10-11H,4-6,9H2,1H3,(H,17,19). The van der Waals surface area contributed by atoms with Crippen molar-refractivity contribution in [2.45, 2.75) is 37.0 Å². The van der Waals surface area contributed by atoms with Crippen LogP contribution in [0.5, 0.6) is 0 Å². The van der Waals surface area contributed by atoms with E-state index in [2.05, 4.69) is 21.8 Å². The third-order valence-electron chi connectivity index (χ3n) is 3.94. The van der Waals surface area contributed by atoms with E-state index in [1.54, 1.807) is 0 Å². The van der Waals surface area contributed by atoms with E-state index in [4.69, 9.17) is 11.6 Å². The van der Waals surface area contributed by atoms with Gasteiger partial charge in [0.1, 0.15) is 0 Å². The van der Waals surface area contributed by atoms with Crippen molar-refractivity contribution >= 4 is 40.0 Å². The summed E-state index contributed by atoms with van der Waals surface area (Å²) < 4.78 is 0. The molecule has 20 heavy (non-hydrogen) atoms. The lowest BCUT2D eigenvalue weighted by Gasteiger charge is -2.29. The van der Waals surface area contributed by atoms with Crippen LogP contribution in [0.3, 0.4) is 0 Å². The first-order valence-electron chi connectivity index (χ1n) is 6.98. The summed E-state index contributed by atoms with van der Waals surface area (Å²) in [5.41, 5.74) is 0. The molecule has 5 heteroatoms. The van der Waals surface area contributed by atoms with E-state index in [9.17, 15) is 0 Å². The normalized spacial score (nSPS) is 22.9. The van der Waals surface area contributed by atoms with Crippen molar-refractivity contribution in [3.8, 4) is 0 Å². The third-order valence-corrected chi connectivity index (χ3v) is 5.32. The molecule has 1 saturated carbocycles.